The summed E-state index contributed by atoms with van der Waals surface area (Å²) in [6, 6.07) is 13.1. The molecule has 3 amide bonds. The summed E-state index contributed by atoms with van der Waals surface area (Å²) in [5.74, 6) is -3.27. The van der Waals surface area contributed by atoms with Gasteiger partial charge >= 0.3 is 18.5 Å². The fraction of sp³-hybridized carbons (Fsp3) is 0.346. The Hall–Kier alpha value is -8.17. The molecule has 18 nitrogen and oxygen atoms in total. The number of amides is 3. The molecular formula is C52H48F9N7O11. The Morgan fingerprint density at radius 1 is 0.747 bits per heavy atom. The number of alkyl halides is 9. The minimum atomic E-state index is -5.23. The van der Waals surface area contributed by atoms with Crippen LogP contribution in [-0.2, 0) is 66.9 Å². The van der Waals surface area contributed by atoms with Crippen molar-refractivity contribution in [3.05, 3.63) is 124 Å². The van der Waals surface area contributed by atoms with Gasteiger partial charge in [0.05, 0.1) is 78.5 Å². The van der Waals surface area contributed by atoms with Crippen molar-refractivity contribution < 1.29 is 92.3 Å². The van der Waals surface area contributed by atoms with Gasteiger partial charge in [-0.1, -0.05) is 23.4 Å². The number of phenolic OH excluding ortho intramolecular Hbond substituents is 1. The summed E-state index contributed by atoms with van der Waals surface area (Å²) in [4.78, 5) is 62.7. The number of halogens is 9. The number of imide groups is 1. The third kappa shape index (κ3) is 14.7. The van der Waals surface area contributed by atoms with Gasteiger partial charge in [-0.05, 0) is 92.1 Å². The first-order valence-corrected chi connectivity index (χ1v) is 24.1. The number of hydrogen-bond donors (Lipinski definition) is 3. The first-order valence-electron chi connectivity index (χ1n) is 24.1. The van der Waals surface area contributed by atoms with Gasteiger partial charge in [-0.25, -0.2) is 4.68 Å². The molecule has 0 spiro atoms. The van der Waals surface area contributed by atoms with Gasteiger partial charge in [0.2, 0.25) is 5.91 Å². The van der Waals surface area contributed by atoms with Crippen LogP contribution in [0.5, 0.6) is 17.2 Å². The second-order valence-electron chi connectivity index (χ2n) is 17.4. The lowest BCUT2D eigenvalue weighted by atomic mass is 9.92. The zero-order valence-corrected chi connectivity index (χ0v) is 41.8. The lowest BCUT2D eigenvalue weighted by Crippen LogP contribution is -2.47. The number of H-pyrrole nitrogens is 1. The summed E-state index contributed by atoms with van der Waals surface area (Å²) >= 11 is 0. The van der Waals surface area contributed by atoms with Crippen LogP contribution in [0.15, 0.2) is 85.1 Å². The Morgan fingerprint density at radius 3 is 2.06 bits per heavy atom. The average Bonchev–Trinajstić information content (AvgIpc) is 4.18. The number of benzene rings is 4. The molecule has 0 saturated heterocycles. The predicted octanol–water partition coefficient (Wildman–Crippen LogP) is 9.26. The maximum absolute atomic E-state index is 13.6. The summed E-state index contributed by atoms with van der Waals surface area (Å²) in [6.45, 7) is 6.19. The molecule has 1 aliphatic carbocycles. The number of aromatic nitrogens is 5. The van der Waals surface area contributed by atoms with E-state index in [0.29, 0.717) is 74.7 Å². The molecule has 0 bridgehead atoms. The Kier molecular flexibility index (Phi) is 18.6. The van der Waals surface area contributed by atoms with Crippen LogP contribution in [0.2, 0.25) is 0 Å². The molecule has 2 aliphatic rings. The second kappa shape index (κ2) is 25.1. The normalized spacial score (nSPS) is 14.8. The van der Waals surface area contributed by atoms with Crippen LogP contribution in [0.4, 0.5) is 45.2 Å². The van der Waals surface area contributed by atoms with Crippen LogP contribution in [-0.4, -0.2) is 110 Å². The predicted molar refractivity (Wildman–Crippen MR) is 258 cm³/mol. The molecule has 1 saturated carbocycles. The number of fused-ring (bicyclic) bond motifs is 1. The molecule has 420 valence electrons. The number of ketones is 2. The van der Waals surface area contributed by atoms with E-state index in [0.717, 1.165) is 17.0 Å². The number of hydrogen-bond acceptors (Lipinski definition) is 14. The van der Waals surface area contributed by atoms with E-state index in [1.54, 1.807) is 35.0 Å². The largest absolute Gasteiger partial charge is 0.506 e. The van der Waals surface area contributed by atoms with E-state index in [1.807, 2.05) is 6.92 Å². The number of aromatic amines is 1. The smallest absolute Gasteiger partial charge is 0.432 e. The first kappa shape index (κ1) is 58.5. The van der Waals surface area contributed by atoms with E-state index in [9.17, 15) is 68.6 Å². The SMILES string of the molecule is CCOCC(=O)Nc1ccc(COc2ccc(-c3cc(C(F)(F)F)[nH]n3)c(O)c2-c2cc(C(F)(F)F)cc(C(F)(F)F)c2)cc1.CCOCCOCCn1cc(COc2cccc3c2C(=O)N(C2CCC(=O)CC2=O)C3=O)nn1. The standard InChI is InChI=1S/C29H22F9N3O4.C23H26N4O7/c1-2-44-14-24(42)39-19-5-3-15(4-6-19)13-45-22-8-7-20(21-12-23(41-40-21)29(36,37)38)26(43)25(22)16-9-17(27(30,31)32)11-18(10-16)28(33,34)35;1-2-32-10-11-33-9-8-26-13-15(24-25-26)14-34-20-5-3-4-17-21(20)23(31)27(22(17)30)18-7-6-16(28)12-19(18)29/h3-12,43H,2,13-14H2,1H3,(H,39,42)(H,40,41);3-5,13,18H,2,6-12,14H2,1H3. The molecule has 1 fully saturated rings. The van der Waals surface area contributed by atoms with E-state index in [4.69, 9.17) is 23.7 Å². The molecule has 1 unspecified atom stereocenters. The van der Waals surface area contributed by atoms with Crippen LogP contribution in [0.3, 0.4) is 0 Å². The summed E-state index contributed by atoms with van der Waals surface area (Å²) in [7, 11) is 0. The second-order valence-corrected chi connectivity index (χ2v) is 17.4. The molecule has 2 aromatic heterocycles. The van der Waals surface area contributed by atoms with Gasteiger partial charge in [0.15, 0.2) is 5.78 Å². The lowest BCUT2D eigenvalue weighted by Gasteiger charge is -2.27. The van der Waals surface area contributed by atoms with Gasteiger partial charge in [0, 0.05) is 30.9 Å². The quantitative estimate of drug-likeness (QED) is 0.0280. The zero-order valence-electron chi connectivity index (χ0n) is 41.8. The van der Waals surface area contributed by atoms with Crippen molar-refractivity contribution in [1.82, 2.24) is 30.1 Å². The van der Waals surface area contributed by atoms with Gasteiger partial charge in [0.1, 0.15) is 54.2 Å². The fourth-order valence-corrected chi connectivity index (χ4v) is 8.12. The minimum absolute atomic E-state index is 0.0416. The average molecular weight is 1120 g/mol. The molecule has 79 heavy (non-hydrogen) atoms. The highest BCUT2D eigenvalue weighted by Crippen LogP contribution is 2.48. The van der Waals surface area contributed by atoms with E-state index in [2.05, 4.69) is 20.7 Å². The number of phenols is 1. The van der Waals surface area contributed by atoms with Crippen LogP contribution < -0.4 is 14.8 Å². The fourth-order valence-electron chi connectivity index (χ4n) is 8.12. The molecule has 27 heteroatoms. The number of anilines is 1. The number of nitrogens with one attached hydrogen (secondary N) is 2. The number of Topliss-reactive ketones (excluding diaryl/α,β-unsaturated/α-hetero) is 2. The highest BCUT2D eigenvalue weighted by Gasteiger charge is 2.46. The van der Waals surface area contributed by atoms with Gasteiger partial charge in [0.25, 0.3) is 11.8 Å². The highest BCUT2D eigenvalue weighted by molar-refractivity contribution is 6.24. The van der Waals surface area contributed by atoms with Crippen molar-refractivity contribution >= 4 is 35.0 Å². The Morgan fingerprint density at radius 2 is 1.42 bits per heavy atom. The summed E-state index contributed by atoms with van der Waals surface area (Å²) in [5.41, 5.74) is -5.36. The number of carbonyl (C=O) groups excluding carboxylic acids is 5. The maximum Gasteiger partial charge on any atom is 0.432 e. The number of aromatic hydroxyl groups is 1. The Balaban J connectivity index is 0.000000237. The number of nitrogens with zero attached hydrogens (tertiary/aromatic N) is 5. The van der Waals surface area contributed by atoms with Crippen LogP contribution in [0.1, 0.15) is 81.9 Å². The molecule has 3 N–H and O–H groups in total. The molecule has 1 atom stereocenters. The molecule has 8 rings (SSSR count). The van der Waals surface area contributed by atoms with Crippen molar-refractivity contribution in [3.8, 4) is 39.6 Å². The summed E-state index contributed by atoms with van der Waals surface area (Å²) in [5, 5.41) is 27.0. The van der Waals surface area contributed by atoms with E-state index in [1.165, 1.54) is 30.3 Å². The molecule has 0 radical (unpaired) electrons. The maximum atomic E-state index is 13.6. The van der Waals surface area contributed by atoms with E-state index in [-0.39, 0.29) is 73.6 Å². The monoisotopic (exact) mass is 1120 g/mol. The molecular weight excluding hydrogens is 1070 g/mol. The van der Waals surface area contributed by atoms with Gasteiger partial charge in [-0.3, -0.25) is 34.0 Å². The summed E-state index contributed by atoms with van der Waals surface area (Å²) in [6.07, 6.45) is -13.5. The van der Waals surface area contributed by atoms with E-state index >= 15 is 0 Å². The minimum Gasteiger partial charge on any atom is -0.506 e. The van der Waals surface area contributed by atoms with Crippen molar-refractivity contribution in [2.75, 3.05) is 45.0 Å². The number of rotatable bonds is 20. The van der Waals surface area contributed by atoms with Gasteiger partial charge in [-0.2, -0.15) is 44.6 Å². The van der Waals surface area contributed by atoms with Crippen molar-refractivity contribution in [2.24, 2.45) is 0 Å². The molecule has 3 heterocycles. The van der Waals surface area contributed by atoms with Gasteiger partial charge in [-0.15, -0.1) is 5.10 Å². The zero-order chi connectivity index (χ0) is 57.2. The third-order valence-corrected chi connectivity index (χ3v) is 11.9. The number of carbonyl (C=O) groups is 5. The number of ether oxygens (including phenoxy) is 5. The van der Waals surface area contributed by atoms with Crippen LogP contribution in [0.25, 0.3) is 22.4 Å². The van der Waals surface area contributed by atoms with E-state index < -0.39 is 93.0 Å². The lowest BCUT2D eigenvalue weighted by molar-refractivity contribution is -0.143. The Bertz CT molecular complexity index is 3140. The van der Waals surface area contributed by atoms with Crippen molar-refractivity contribution in [2.45, 2.75) is 77.4 Å². The molecule has 1 aliphatic heterocycles. The van der Waals surface area contributed by atoms with Crippen molar-refractivity contribution in [3.63, 3.8) is 0 Å². The molecule has 6 aromatic rings. The van der Waals surface area contributed by atoms with Crippen LogP contribution >= 0.6 is 0 Å². The summed E-state index contributed by atoms with van der Waals surface area (Å²) < 4.78 is 150. The first-order chi connectivity index (χ1) is 37.5. The highest BCUT2D eigenvalue weighted by atomic mass is 19.4. The Labute approximate surface area is 442 Å². The third-order valence-electron chi connectivity index (χ3n) is 11.9. The van der Waals surface area contributed by atoms with Crippen LogP contribution in [0, 0.1) is 0 Å². The molecule has 4 aromatic carbocycles. The topological polar surface area (TPSA) is 226 Å². The van der Waals surface area contributed by atoms with Crippen molar-refractivity contribution in [1.29, 1.82) is 0 Å². The van der Waals surface area contributed by atoms with Gasteiger partial charge < -0.3 is 34.1 Å².